The smallest absolute Gasteiger partial charge is 0.345 e. The summed E-state index contributed by atoms with van der Waals surface area (Å²) in [6, 6.07) is 1.13. The van der Waals surface area contributed by atoms with Gasteiger partial charge in [0, 0.05) is 4.88 Å². The van der Waals surface area contributed by atoms with Crippen LogP contribution in [0.2, 0.25) is 0 Å². The molecule has 0 aliphatic rings. The van der Waals surface area contributed by atoms with Gasteiger partial charge in [-0.05, 0) is 13.0 Å². The van der Waals surface area contributed by atoms with Gasteiger partial charge >= 0.3 is 5.97 Å². The summed E-state index contributed by atoms with van der Waals surface area (Å²) in [6.07, 6.45) is 0. The summed E-state index contributed by atoms with van der Waals surface area (Å²) in [6.45, 7) is 1.41. The highest BCUT2D eigenvalue weighted by Gasteiger charge is 2.22. The number of aromatic amines is 1. The summed E-state index contributed by atoms with van der Waals surface area (Å²) in [5.74, 6) is -0.970. The molecule has 3 N–H and O–H groups in total. The molecular weight excluding hydrogens is 294 g/mol. The second-order valence-corrected chi connectivity index (χ2v) is 6.48. The van der Waals surface area contributed by atoms with Crippen LogP contribution in [0.1, 0.15) is 20.4 Å². The van der Waals surface area contributed by atoms with Crippen LogP contribution < -0.4 is 4.72 Å². The highest BCUT2D eigenvalue weighted by atomic mass is 32.2. The number of carboxylic acids is 1. The van der Waals surface area contributed by atoms with Gasteiger partial charge in [-0.2, -0.15) is 5.21 Å². The fourth-order valence-corrected chi connectivity index (χ4v) is 3.74. The molecule has 0 atom stereocenters. The monoisotopic (exact) mass is 303 g/mol. The zero-order valence-electron chi connectivity index (χ0n) is 9.61. The molecule has 0 saturated carbocycles. The lowest BCUT2D eigenvalue weighted by Gasteiger charge is -2.03. The van der Waals surface area contributed by atoms with Crippen LogP contribution in [-0.4, -0.2) is 40.1 Å². The van der Waals surface area contributed by atoms with Gasteiger partial charge in [0.2, 0.25) is 10.0 Å². The molecule has 0 spiro atoms. The number of thiophene rings is 1. The molecule has 19 heavy (non-hydrogen) atoms. The molecule has 11 heteroatoms. The van der Waals surface area contributed by atoms with E-state index in [4.69, 9.17) is 5.11 Å². The number of hydrogen-bond donors (Lipinski definition) is 3. The van der Waals surface area contributed by atoms with Crippen molar-refractivity contribution in [3.63, 3.8) is 0 Å². The molecule has 2 rings (SSSR count). The zero-order valence-corrected chi connectivity index (χ0v) is 11.2. The minimum atomic E-state index is -3.80. The third kappa shape index (κ3) is 2.94. The third-order valence-corrected chi connectivity index (χ3v) is 4.88. The Kier molecular flexibility index (Phi) is 3.59. The number of rotatable bonds is 5. The Morgan fingerprint density at radius 2 is 2.32 bits per heavy atom. The highest BCUT2D eigenvalue weighted by Crippen LogP contribution is 2.25. The van der Waals surface area contributed by atoms with Crippen molar-refractivity contribution in [2.24, 2.45) is 0 Å². The molecule has 0 unspecified atom stereocenters. The lowest BCUT2D eigenvalue weighted by Crippen LogP contribution is -2.24. The van der Waals surface area contributed by atoms with E-state index in [0.29, 0.717) is 4.88 Å². The fraction of sp³-hybridized carbons (Fsp3) is 0.250. The van der Waals surface area contributed by atoms with Crippen LogP contribution in [0.5, 0.6) is 0 Å². The number of aromatic nitrogens is 4. The van der Waals surface area contributed by atoms with Crippen LogP contribution in [0.15, 0.2) is 11.0 Å². The highest BCUT2D eigenvalue weighted by molar-refractivity contribution is 7.89. The van der Waals surface area contributed by atoms with Crippen molar-refractivity contribution >= 4 is 27.3 Å². The number of nitrogens with one attached hydrogen (secondary N) is 2. The molecule has 0 amide bonds. The van der Waals surface area contributed by atoms with Crippen LogP contribution >= 0.6 is 11.3 Å². The van der Waals surface area contributed by atoms with E-state index in [-0.39, 0.29) is 22.1 Å². The first-order chi connectivity index (χ1) is 8.90. The normalized spacial score (nSPS) is 11.6. The molecule has 102 valence electrons. The molecule has 2 aromatic heterocycles. The molecule has 0 aliphatic carbocycles. The summed E-state index contributed by atoms with van der Waals surface area (Å²) < 4.78 is 26.3. The lowest BCUT2D eigenvalue weighted by atomic mass is 10.4. The van der Waals surface area contributed by atoms with Gasteiger partial charge in [-0.25, -0.2) is 17.9 Å². The molecule has 0 saturated heterocycles. The van der Waals surface area contributed by atoms with Crippen LogP contribution in [-0.2, 0) is 16.6 Å². The number of aromatic carboxylic acids is 1. The van der Waals surface area contributed by atoms with Gasteiger partial charge in [0.25, 0.3) is 0 Å². The molecule has 2 heterocycles. The maximum absolute atomic E-state index is 12.0. The van der Waals surface area contributed by atoms with Crippen LogP contribution in [0.4, 0.5) is 0 Å². The van der Waals surface area contributed by atoms with Crippen LogP contribution in [0, 0.1) is 6.92 Å². The van der Waals surface area contributed by atoms with E-state index in [2.05, 4.69) is 25.3 Å². The molecule has 0 aliphatic heterocycles. The number of aryl methyl sites for hydroxylation is 1. The molecular formula is C8H9N5O4S2. The average molecular weight is 303 g/mol. The third-order valence-electron chi connectivity index (χ3n) is 2.18. The van der Waals surface area contributed by atoms with Gasteiger partial charge in [-0.3, -0.25) is 0 Å². The van der Waals surface area contributed by atoms with Gasteiger partial charge in [0.15, 0.2) is 5.82 Å². The van der Waals surface area contributed by atoms with E-state index < -0.39 is 16.0 Å². The first-order valence-electron chi connectivity index (χ1n) is 4.96. The average Bonchev–Trinajstić information content (AvgIpc) is 2.95. The van der Waals surface area contributed by atoms with Crippen molar-refractivity contribution in [3.05, 3.63) is 21.6 Å². The fourth-order valence-electron chi connectivity index (χ4n) is 1.33. The summed E-state index contributed by atoms with van der Waals surface area (Å²) in [7, 11) is -3.80. The number of sulfonamides is 1. The Morgan fingerprint density at radius 3 is 2.84 bits per heavy atom. The van der Waals surface area contributed by atoms with Crippen LogP contribution in [0.25, 0.3) is 0 Å². The summed E-state index contributed by atoms with van der Waals surface area (Å²) in [4.78, 5) is 11.1. The van der Waals surface area contributed by atoms with Crippen molar-refractivity contribution < 1.29 is 18.3 Å². The Balaban J connectivity index is 2.22. The Hall–Kier alpha value is -1.85. The number of hydrogen-bond acceptors (Lipinski definition) is 7. The van der Waals surface area contributed by atoms with Gasteiger partial charge in [-0.1, -0.05) is 5.21 Å². The molecule has 0 radical (unpaired) electrons. The predicted octanol–water partition coefficient (Wildman–Crippen LogP) is -0.254. The number of carboxylic acid groups (broad SMARTS) is 1. The largest absolute Gasteiger partial charge is 0.477 e. The Bertz CT molecular complexity index is 691. The maximum Gasteiger partial charge on any atom is 0.345 e. The summed E-state index contributed by atoms with van der Waals surface area (Å²) >= 11 is 0.904. The number of nitrogens with zero attached hydrogens (tertiary/aromatic N) is 3. The quantitative estimate of drug-likeness (QED) is 0.692. The second-order valence-electron chi connectivity index (χ2n) is 3.49. The SMILES string of the molecule is Cc1sc(C(=O)O)cc1S(=O)(=O)NCc1nn[nH]n1. The molecule has 0 bridgehead atoms. The molecule has 9 nitrogen and oxygen atoms in total. The summed E-state index contributed by atoms with van der Waals surface area (Å²) in [5, 5.41) is 21.5. The minimum Gasteiger partial charge on any atom is -0.477 e. The Morgan fingerprint density at radius 1 is 1.58 bits per heavy atom. The summed E-state index contributed by atoms with van der Waals surface area (Å²) in [5.41, 5.74) is 0. The van der Waals surface area contributed by atoms with Crippen molar-refractivity contribution in [3.8, 4) is 0 Å². The van der Waals surface area contributed by atoms with Gasteiger partial charge in [-0.15, -0.1) is 21.5 Å². The van der Waals surface area contributed by atoms with E-state index in [1.807, 2.05) is 0 Å². The number of H-pyrrole nitrogens is 1. The van der Waals surface area contributed by atoms with Crippen molar-refractivity contribution in [2.45, 2.75) is 18.4 Å². The topological polar surface area (TPSA) is 138 Å². The predicted molar refractivity (Wildman–Crippen MR) is 64.2 cm³/mol. The van der Waals surface area contributed by atoms with Gasteiger partial charge < -0.3 is 5.11 Å². The van der Waals surface area contributed by atoms with Gasteiger partial charge in [0.1, 0.15) is 4.88 Å². The van der Waals surface area contributed by atoms with E-state index in [9.17, 15) is 13.2 Å². The first kappa shape index (κ1) is 13.6. The van der Waals surface area contributed by atoms with Crippen molar-refractivity contribution in [1.82, 2.24) is 25.3 Å². The van der Waals surface area contributed by atoms with E-state index >= 15 is 0 Å². The van der Waals surface area contributed by atoms with Gasteiger partial charge in [0.05, 0.1) is 11.4 Å². The Labute approximate surface area is 111 Å². The van der Waals surface area contributed by atoms with E-state index in [0.717, 1.165) is 17.4 Å². The first-order valence-corrected chi connectivity index (χ1v) is 7.26. The van der Waals surface area contributed by atoms with Crippen molar-refractivity contribution in [1.29, 1.82) is 0 Å². The standard InChI is InChI=1S/C8H9N5O4S2/c1-4-6(2-5(18-4)8(14)15)19(16,17)9-3-7-10-12-13-11-7/h2,9H,3H2,1H3,(H,14,15)(H,10,11,12,13). The van der Waals surface area contributed by atoms with E-state index in [1.54, 1.807) is 6.92 Å². The minimum absolute atomic E-state index is 0.0302. The van der Waals surface area contributed by atoms with Crippen molar-refractivity contribution in [2.75, 3.05) is 0 Å². The number of tetrazole rings is 1. The lowest BCUT2D eigenvalue weighted by molar-refractivity contribution is 0.0702. The molecule has 2 aromatic rings. The van der Waals surface area contributed by atoms with Crippen LogP contribution in [0.3, 0.4) is 0 Å². The molecule has 0 aromatic carbocycles. The molecule has 0 fully saturated rings. The van der Waals surface area contributed by atoms with E-state index in [1.165, 1.54) is 0 Å². The maximum atomic E-state index is 12.0. The number of carbonyl (C=O) groups is 1. The second kappa shape index (κ2) is 5.03. The zero-order chi connectivity index (χ0) is 14.0.